The fraction of sp³-hybridized carbons (Fsp3) is 0.179. The number of anilines is 2. The third-order valence-electron chi connectivity index (χ3n) is 8.48. The van der Waals surface area contributed by atoms with E-state index >= 15 is 0 Å². The van der Waals surface area contributed by atoms with Gasteiger partial charge in [-0.15, -0.1) is 101 Å². The number of rotatable bonds is 0. The molecule has 4 heterocycles. The number of aliphatic imine (C=N–C) groups is 1. The van der Waals surface area contributed by atoms with E-state index in [9.17, 15) is 0 Å². The molecule has 0 amide bonds. The Bertz CT molecular complexity index is 2330. The average Bonchev–Trinajstić information content (AvgIpc) is 3.32. The Kier molecular flexibility index (Phi) is 6.89. The molecule has 0 fully saturated rings. The van der Waals surface area contributed by atoms with Crippen molar-refractivity contribution >= 4 is 168 Å². The number of benzene rings is 3. The summed E-state index contributed by atoms with van der Waals surface area (Å²) in [5, 5.41) is 6.94. The van der Waals surface area contributed by atoms with Gasteiger partial charge in [-0.3, -0.25) is 0 Å². The zero-order valence-corrected chi connectivity index (χ0v) is 29.9. The summed E-state index contributed by atoms with van der Waals surface area (Å²) >= 11 is 38.6. The second-order valence-corrected chi connectivity index (χ2v) is 14.6. The predicted molar refractivity (Wildman–Crippen MR) is 204 cm³/mol. The van der Waals surface area contributed by atoms with Crippen LogP contribution in [0.5, 0.6) is 0 Å². The minimum absolute atomic E-state index is 0.223. The first-order valence-corrected chi connectivity index (χ1v) is 16.9. The Hall–Kier alpha value is -1.63. The monoisotopic (exact) mass is 726 g/mol. The van der Waals surface area contributed by atoms with Crippen molar-refractivity contribution in [2.75, 3.05) is 10.6 Å². The molecule has 222 valence electrons. The molecule has 0 bridgehead atoms. The van der Waals surface area contributed by atoms with Crippen LogP contribution in [0.4, 0.5) is 17.1 Å². The maximum atomic E-state index is 6.23. The molecular formula is C28H22N8S8. The average molecular weight is 727 g/mol. The van der Waals surface area contributed by atoms with Gasteiger partial charge in [-0.2, -0.15) is 0 Å². The zero-order valence-electron chi connectivity index (χ0n) is 22.7. The highest BCUT2D eigenvalue weighted by molar-refractivity contribution is 7.86. The van der Waals surface area contributed by atoms with Gasteiger partial charge in [-0.25, -0.2) is 24.9 Å². The number of nitrogens with zero attached hydrogens (tertiary/aromatic N) is 5. The number of fused-ring (bicyclic) bond motifs is 7. The van der Waals surface area contributed by atoms with Gasteiger partial charge < -0.3 is 16.4 Å². The van der Waals surface area contributed by atoms with Gasteiger partial charge in [0.25, 0.3) is 0 Å². The van der Waals surface area contributed by atoms with Crippen LogP contribution in [0.15, 0.2) is 55.9 Å². The van der Waals surface area contributed by atoms with Crippen molar-refractivity contribution in [3.05, 3.63) is 27.1 Å². The number of aromatic nitrogens is 4. The summed E-state index contributed by atoms with van der Waals surface area (Å²) in [7, 11) is 0. The van der Waals surface area contributed by atoms with Gasteiger partial charge in [0.1, 0.15) is 55.5 Å². The van der Waals surface area contributed by atoms with E-state index in [-0.39, 0.29) is 12.0 Å². The van der Waals surface area contributed by atoms with E-state index in [4.69, 9.17) is 106 Å². The summed E-state index contributed by atoms with van der Waals surface area (Å²) in [5.74, 6) is 0.230. The lowest BCUT2D eigenvalue weighted by atomic mass is 9.97. The van der Waals surface area contributed by atoms with Gasteiger partial charge >= 0.3 is 0 Å². The van der Waals surface area contributed by atoms with Crippen LogP contribution in [0, 0.1) is 0 Å². The summed E-state index contributed by atoms with van der Waals surface area (Å²) in [5.41, 5.74) is 15.0. The number of hydrogen-bond acceptors (Lipinski definition) is 16. The molecule has 2 aliphatic heterocycles. The van der Waals surface area contributed by atoms with Crippen molar-refractivity contribution in [2.24, 2.45) is 10.7 Å². The molecule has 0 saturated carbocycles. The lowest BCUT2D eigenvalue weighted by molar-refractivity contribution is 0.683. The third-order valence-corrected chi connectivity index (χ3v) is 12.0. The summed E-state index contributed by atoms with van der Waals surface area (Å²) < 4.78 is 0. The fourth-order valence-corrected chi connectivity index (χ4v) is 8.64. The van der Waals surface area contributed by atoms with Crippen LogP contribution in [0.1, 0.15) is 25.3 Å². The summed E-state index contributed by atoms with van der Waals surface area (Å²) in [6.45, 7) is 4.30. The van der Waals surface area contributed by atoms with E-state index in [2.05, 4.69) is 49.7 Å². The van der Waals surface area contributed by atoms with Crippen LogP contribution in [-0.4, -0.2) is 37.7 Å². The second kappa shape index (κ2) is 10.2. The SMILES string of the molecule is CC1Nc2c(c(S)c3nc4c(S)c5nc6c(S)c7c(c(S)c6nc5c(S)c4nc3c2S)N=C2C(S)=CC(N)C(S)=C2N7)C1C. The topological polar surface area (TPSA) is 114 Å². The molecule has 2 aromatic heterocycles. The molecule has 8 nitrogen and oxygen atoms in total. The first kappa shape index (κ1) is 29.8. The fourth-order valence-electron chi connectivity index (χ4n) is 6.01. The van der Waals surface area contributed by atoms with Gasteiger partial charge in [-0.1, -0.05) is 6.92 Å². The van der Waals surface area contributed by atoms with Gasteiger partial charge in [0, 0.05) is 26.7 Å². The van der Waals surface area contributed by atoms with E-state index in [1.54, 1.807) is 6.08 Å². The minimum Gasteiger partial charge on any atom is -0.381 e. The normalized spacial score (nSPS) is 20.9. The quantitative estimate of drug-likeness (QED) is 0.0599. The van der Waals surface area contributed by atoms with Crippen LogP contribution in [0.2, 0.25) is 0 Å². The molecule has 4 N–H and O–H groups in total. The Balaban J connectivity index is 1.44. The second-order valence-electron chi connectivity index (χ2n) is 11.0. The van der Waals surface area contributed by atoms with Crippen molar-refractivity contribution in [2.45, 2.75) is 61.2 Å². The van der Waals surface area contributed by atoms with Gasteiger partial charge in [0.05, 0.1) is 47.6 Å². The van der Waals surface area contributed by atoms with Gasteiger partial charge in [0.2, 0.25) is 0 Å². The molecule has 0 spiro atoms. The lowest BCUT2D eigenvalue weighted by Crippen LogP contribution is -2.30. The van der Waals surface area contributed by atoms with Crippen molar-refractivity contribution in [1.82, 2.24) is 19.9 Å². The Labute approximate surface area is 295 Å². The standard InChI is InChI=1S/C28H22N8S8/c1-4-5(2)30-10-8(4)23(39)12-13(24(10)40)34-17-16(33-12)27(43)20-21(28(17)44)35-18-19(36-20)26(42)15-14(25(18)41)31-9-7(37)3-6(29)22(38)11(9)32-15/h3-6,30,32,37-44H,29H2,1-2H3. The molecular weight excluding hydrogens is 705 g/mol. The van der Waals surface area contributed by atoms with E-state index in [1.165, 1.54) is 0 Å². The minimum atomic E-state index is -0.414. The zero-order chi connectivity index (χ0) is 31.1. The Morgan fingerprint density at radius 3 is 1.68 bits per heavy atom. The smallest absolute Gasteiger partial charge is 0.106 e. The lowest BCUT2D eigenvalue weighted by Gasteiger charge is -2.29. The number of thiol groups is 8. The van der Waals surface area contributed by atoms with Crippen molar-refractivity contribution in [3.8, 4) is 0 Å². The first-order chi connectivity index (χ1) is 20.9. The molecule has 5 aromatic rings. The predicted octanol–water partition coefficient (Wildman–Crippen LogP) is 7.32. The molecule has 0 radical (unpaired) electrons. The molecule has 3 atom stereocenters. The highest BCUT2D eigenvalue weighted by Gasteiger charge is 2.33. The van der Waals surface area contributed by atoms with Crippen LogP contribution in [-0.2, 0) is 0 Å². The van der Waals surface area contributed by atoms with Crippen LogP contribution < -0.4 is 16.4 Å². The van der Waals surface area contributed by atoms with Gasteiger partial charge in [-0.05, 0) is 18.6 Å². The molecule has 1 aliphatic carbocycles. The van der Waals surface area contributed by atoms with Crippen LogP contribution in [0.25, 0.3) is 44.1 Å². The first-order valence-electron chi connectivity index (χ1n) is 13.3. The summed E-state index contributed by atoms with van der Waals surface area (Å²) in [6.07, 6.45) is 1.80. The van der Waals surface area contributed by atoms with E-state index in [0.717, 1.165) is 16.1 Å². The molecule has 3 unspecified atom stereocenters. The number of hydrogen-bond donors (Lipinski definition) is 11. The Morgan fingerprint density at radius 1 is 0.636 bits per heavy atom. The van der Waals surface area contributed by atoms with Crippen molar-refractivity contribution in [1.29, 1.82) is 0 Å². The maximum absolute atomic E-state index is 6.23. The maximum Gasteiger partial charge on any atom is 0.106 e. The van der Waals surface area contributed by atoms with E-state index < -0.39 is 6.04 Å². The molecule has 8 rings (SSSR count). The van der Waals surface area contributed by atoms with E-state index in [0.29, 0.717) is 101 Å². The highest BCUT2D eigenvalue weighted by atomic mass is 32.1. The van der Waals surface area contributed by atoms with E-state index in [1.807, 2.05) is 0 Å². The summed E-state index contributed by atoms with van der Waals surface area (Å²) in [4.78, 5) is 29.7. The molecule has 3 aromatic carbocycles. The van der Waals surface area contributed by atoms with Crippen molar-refractivity contribution < 1.29 is 0 Å². The molecule has 3 aliphatic rings. The summed E-state index contributed by atoms with van der Waals surface area (Å²) in [6, 6.07) is -0.191. The van der Waals surface area contributed by atoms with Crippen molar-refractivity contribution in [3.63, 3.8) is 0 Å². The van der Waals surface area contributed by atoms with Crippen LogP contribution in [0.3, 0.4) is 0 Å². The largest absolute Gasteiger partial charge is 0.381 e. The molecule has 0 saturated heterocycles. The third kappa shape index (κ3) is 3.92. The number of nitrogens with one attached hydrogen (secondary N) is 2. The van der Waals surface area contributed by atoms with Crippen LogP contribution >= 0.6 is 101 Å². The number of allylic oxidation sites excluding steroid dienone is 1. The van der Waals surface area contributed by atoms with Gasteiger partial charge in [0.15, 0.2) is 0 Å². The Morgan fingerprint density at radius 2 is 1.11 bits per heavy atom. The highest BCUT2D eigenvalue weighted by Crippen LogP contribution is 2.50. The molecule has 44 heavy (non-hydrogen) atoms. The molecule has 16 heteroatoms. The number of nitrogens with two attached hydrogens (primary N) is 1.